The van der Waals surface area contributed by atoms with Crippen LogP contribution < -0.4 is 10.6 Å². The topological polar surface area (TPSA) is 41.1 Å². The summed E-state index contributed by atoms with van der Waals surface area (Å²) in [5, 5.41) is 2.91. The second-order valence-corrected chi connectivity index (χ2v) is 4.51. The molecule has 1 aromatic rings. The van der Waals surface area contributed by atoms with E-state index in [-0.39, 0.29) is 12.6 Å². The Hall–Kier alpha value is -1.93. The fourth-order valence-corrected chi connectivity index (χ4v) is 1.40. The van der Waals surface area contributed by atoms with Crippen molar-refractivity contribution >= 4 is 11.7 Å². The zero-order chi connectivity index (χ0) is 16.5. The first-order valence-electron chi connectivity index (χ1n) is 5.67. The summed E-state index contributed by atoms with van der Waals surface area (Å²) in [4.78, 5) is 11.5. The molecule has 2 N–H and O–H groups in total. The van der Waals surface area contributed by atoms with Crippen LogP contribution in [-0.2, 0) is 0 Å². The Morgan fingerprint density at radius 1 is 1.00 bits per heavy atom. The second kappa shape index (κ2) is 5.45. The Morgan fingerprint density at radius 2 is 1.48 bits per heavy atom. The predicted octanol–water partition coefficient (Wildman–Crippen LogP) is 4.00. The van der Waals surface area contributed by atoms with Crippen molar-refractivity contribution in [1.82, 2.24) is 5.32 Å². The van der Waals surface area contributed by atoms with Gasteiger partial charge in [0.05, 0.1) is 0 Å². The van der Waals surface area contributed by atoms with Crippen LogP contribution >= 0.6 is 0 Å². The molecule has 0 aliphatic carbocycles. The van der Waals surface area contributed by atoms with E-state index in [9.17, 15) is 31.1 Å². The highest BCUT2D eigenvalue weighted by molar-refractivity contribution is 5.90. The zero-order valence-corrected chi connectivity index (χ0v) is 11.0. The van der Waals surface area contributed by atoms with Gasteiger partial charge in [0.2, 0.25) is 5.54 Å². The van der Waals surface area contributed by atoms with Gasteiger partial charge in [-0.3, -0.25) is 0 Å². The molecule has 9 heteroatoms. The first-order chi connectivity index (χ1) is 9.38. The van der Waals surface area contributed by atoms with Gasteiger partial charge in [-0.25, -0.2) is 4.79 Å². The predicted molar refractivity (Wildman–Crippen MR) is 63.8 cm³/mol. The first-order valence-corrected chi connectivity index (χ1v) is 5.67. The van der Waals surface area contributed by atoms with Crippen molar-refractivity contribution in [2.45, 2.75) is 31.7 Å². The van der Waals surface area contributed by atoms with E-state index in [4.69, 9.17) is 0 Å². The van der Waals surface area contributed by atoms with Crippen molar-refractivity contribution in [3.05, 3.63) is 29.8 Å². The summed E-state index contributed by atoms with van der Waals surface area (Å²) < 4.78 is 75.7. The lowest BCUT2D eigenvalue weighted by molar-refractivity contribution is -0.297. The van der Waals surface area contributed by atoms with Crippen molar-refractivity contribution < 1.29 is 31.1 Å². The Morgan fingerprint density at radius 3 is 1.90 bits per heavy atom. The normalized spacial score (nSPS) is 13.0. The largest absolute Gasteiger partial charge is 0.420 e. The SMILES string of the molecule is Cc1ccccc1NC(=O)NC(C)(C(F)(F)F)C(F)(F)F. The maximum atomic E-state index is 12.6. The van der Waals surface area contributed by atoms with Crippen LogP contribution in [0.3, 0.4) is 0 Å². The van der Waals surface area contributed by atoms with E-state index in [1.54, 1.807) is 19.1 Å². The fraction of sp³-hybridized carbons (Fsp3) is 0.417. The highest BCUT2D eigenvalue weighted by atomic mass is 19.4. The highest BCUT2D eigenvalue weighted by Gasteiger charge is 2.68. The van der Waals surface area contributed by atoms with Crippen LogP contribution in [0.1, 0.15) is 12.5 Å². The van der Waals surface area contributed by atoms with E-state index in [1.807, 2.05) is 5.32 Å². The van der Waals surface area contributed by atoms with Gasteiger partial charge in [-0.05, 0) is 25.5 Å². The second-order valence-electron chi connectivity index (χ2n) is 4.51. The highest BCUT2D eigenvalue weighted by Crippen LogP contribution is 2.42. The van der Waals surface area contributed by atoms with Crippen molar-refractivity contribution in [2.75, 3.05) is 5.32 Å². The number of para-hydroxylation sites is 1. The number of carbonyl (C=O) groups excluding carboxylic acids is 1. The van der Waals surface area contributed by atoms with Crippen LogP contribution in [-0.4, -0.2) is 23.9 Å². The third-order valence-corrected chi connectivity index (χ3v) is 2.89. The van der Waals surface area contributed by atoms with Gasteiger partial charge < -0.3 is 10.6 Å². The molecule has 0 radical (unpaired) electrons. The molecule has 0 spiro atoms. The maximum absolute atomic E-state index is 12.6. The number of halogens is 6. The van der Waals surface area contributed by atoms with Crippen LogP contribution in [0.4, 0.5) is 36.8 Å². The van der Waals surface area contributed by atoms with Gasteiger partial charge in [0, 0.05) is 5.69 Å². The number of benzene rings is 1. The summed E-state index contributed by atoms with van der Waals surface area (Å²) in [6.45, 7) is 1.41. The molecule has 0 fully saturated rings. The lowest BCUT2D eigenvalue weighted by Gasteiger charge is -2.34. The van der Waals surface area contributed by atoms with Gasteiger partial charge in [0.1, 0.15) is 0 Å². The number of aryl methyl sites for hydroxylation is 1. The third kappa shape index (κ3) is 3.59. The van der Waals surface area contributed by atoms with Crippen LogP contribution in [0, 0.1) is 6.92 Å². The molecule has 0 bridgehead atoms. The molecule has 0 aliphatic rings. The molecule has 118 valence electrons. The van der Waals surface area contributed by atoms with Crippen molar-refractivity contribution in [3.63, 3.8) is 0 Å². The molecule has 21 heavy (non-hydrogen) atoms. The Balaban J connectivity index is 2.96. The number of hydrogen-bond donors (Lipinski definition) is 2. The Kier molecular flexibility index (Phi) is 4.45. The molecule has 0 atom stereocenters. The molecule has 1 aromatic carbocycles. The van der Waals surface area contributed by atoms with Crippen molar-refractivity contribution in [3.8, 4) is 0 Å². The number of alkyl halides is 6. The van der Waals surface area contributed by atoms with Crippen LogP contribution in [0.2, 0.25) is 0 Å². The molecule has 3 nitrogen and oxygen atoms in total. The summed E-state index contributed by atoms with van der Waals surface area (Å²) in [5.74, 6) is 0. The molecular weight excluding hydrogens is 302 g/mol. The number of carbonyl (C=O) groups is 1. The number of anilines is 1. The standard InChI is InChI=1S/C12H12F6N2O/c1-7-5-3-4-6-8(7)19-9(21)20-10(2,11(13,14)15)12(16,17)18/h3-6H,1-2H3,(H2,19,20,21). The van der Waals surface area contributed by atoms with Gasteiger partial charge in [-0.15, -0.1) is 0 Å². The number of nitrogens with one attached hydrogen (secondary N) is 2. The van der Waals surface area contributed by atoms with Gasteiger partial charge in [-0.1, -0.05) is 18.2 Å². The van der Waals surface area contributed by atoms with Gasteiger partial charge in [0.25, 0.3) is 0 Å². The Labute approximate surface area is 116 Å². The van der Waals surface area contributed by atoms with E-state index in [2.05, 4.69) is 0 Å². The van der Waals surface area contributed by atoms with E-state index in [1.165, 1.54) is 12.1 Å². The minimum Gasteiger partial charge on any atom is -0.316 e. The molecule has 0 heterocycles. The lowest BCUT2D eigenvalue weighted by Crippen LogP contribution is -2.66. The van der Waals surface area contributed by atoms with Crippen LogP contribution in [0.15, 0.2) is 24.3 Å². The zero-order valence-electron chi connectivity index (χ0n) is 11.0. The Bertz CT molecular complexity index is 509. The molecule has 1 rings (SSSR count). The summed E-state index contributed by atoms with van der Waals surface area (Å²) in [6.07, 6.45) is -11.4. The van der Waals surface area contributed by atoms with E-state index in [0.29, 0.717) is 5.56 Å². The molecule has 0 aromatic heterocycles. The number of hydrogen-bond acceptors (Lipinski definition) is 1. The van der Waals surface area contributed by atoms with Gasteiger partial charge >= 0.3 is 18.4 Å². The molecular formula is C12H12F6N2O. The lowest BCUT2D eigenvalue weighted by atomic mass is 10.0. The monoisotopic (exact) mass is 314 g/mol. The average molecular weight is 314 g/mol. The molecule has 2 amide bonds. The third-order valence-electron chi connectivity index (χ3n) is 2.89. The number of urea groups is 1. The molecule has 0 unspecified atom stereocenters. The number of amides is 2. The minimum atomic E-state index is -5.69. The summed E-state index contributed by atoms with van der Waals surface area (Å²) in [7, 11) is 0. The van der Waals surface area contributed by atoms with Crippen molar-refractivity contribution in [2.24, 2.45) is 0 Å². The number of rotatable bonds is 2. The van der Waals surface area contributed by atoms with E-state index >= 15 is 0 Å². The van der Waals surface area contributed by atoms with E-state index in [0.717, 1.165) is 5.32 Å². The first kappa shape index (κ1) is 17.1. The minimum absolute atomic E-state index is 0.113. The van der Waals surface area contributed by atoms with Crippen molar-refractivity contribution in [1.29, 1.82) is 0 Å². The molecule has 0 saturated carbocycles. The van der Waals surface area contributed by atoms with Gasteiger partial charge in [-0.2, -0.15) is 26.3 Å². The molecule has 0 aliphatic heterocycles. The fourth-order valence-electron chi connectivity index (χ4n) is 1.40. The maximum Gasteiger partial charge on any atom is 0.420 e. The quantitative estimate of drug-likeness (QED) is 0.796. The van der Waals surface area contributed by atoms with Gasteiger partial charge in [0.15, 0.2) is 0 Å². The smallest absolute Gasteiger partial charge is 0.316 e. The van der Waals surface area contributed by atoms with E-state index < -0.39 is 23.9 Å². The van der Waals surface area contributed by atoms with Crippen LogP contribution in [0.25, 0.3) is 0 Å². The summed E-state index contributed by atoms with van der Waals surface area (Å²) in [6, 6.07) is 4.39. The summed E-state index contributed by atoms with van der Waals surface area (Å²) >= 11 is 0. The average Bonchev–Trinajstić information content (AvgIpc) is 2.29. The molecule has 0 saturated heterocycles. The van der Waals surface area contributed by atoms with Crippen LogP contribution in [0.5, 0.6) is 0 Å². The summed E-state index contributed by atoms with van der Waals surface area (Å²) in [5.41, 5.74) is -3.73.